The van der Waals surface area contributed by atoms with Crippen LogP contribution in [0.4, 0.5) is 0 Å². The normalized spacial score (nSPS) is 12.6. The molecule has 2 aromatic heterocycles. The van der Waals surface area contributed by atoms with Gasteiger partial charge in [-0.15, -0.1) is 11.3 Å². The van der Waals surface area contributed by atoms with E-state index in [1.807, 2.05) is 28.8 Å². The van der Waals surface area contributed by atoms with Crippen molar-refractivity contribution in [3.05, 3.63) is 50.7 Å². The highest BCUT2D eigenvalue weighted by Gasteiger charge is 2.16. The second-order valence-corrected chi connectivity index (χ2v) is 7.60. The van der Waals surface area contributed by atoms with E-state index in [2.05, 4.69) is 31.1 Å². The Morgan fingerprint density at radius 3 is 2.75 bits per heavy atom. The molecule has 0 aliphatic heterocycles. The molecule has 0 fully saturated rings. The molecule has 3 rings (SSSR count). The average molecular weight is 360 g/mol. The summed E-state index contributed by atoms with van der Waals surface area (Å²) in [5.74, 6) is 0.734. The quantitative estimate of drug-likeness (QED) is 0.474. The van der Waals surface area contributed by atoms with Crippen molar-refractivity contribution in [3.8, 4) is 0 Å². The number of rotatable bonds is 6. The molecule has 2 heterocycles. The van der Waals surface area contributed by atoms with Crippen LogP contribution in [0.1, 0.15) is 43.9 Å². The molecule has 0 aliphatic carbocycles. The Morgan fingerprint density at radius 2 is 2.04 bits per heavy atom. The lowest BCUT2D eigenvalue weighted by Gasteiger charge is -2.18. The third-order valence-electron chi connectivity index (χ3n) is 4.06. The van der Waals surface area contributed by atoms with Crippen molar-refractivity contribution < 1.29 is 0 Å². The van der Waals surface area contributed by atoms with Crippen LogP contribution in [-0.2, 0) is 12.2 Å². The topological polar surface area (TPSA) is 47.8 Å². The molecule has 0 aliphatic rings. The van der Waals surface area contributed by atoms with Gasteiger partial charge in [0.05, 0.1) is 21.6 Å². The number of aryl methyl sites for hydroxylation is 1. The summed E-state index contributed by atoms with van der Waals surface area (Å²) in [6.45, 7) is 6.27. The van der Waals surface area contributed by atoms with E-state index in [0.717, 1.165) is 40.0 Å². The number of aromatic nitrogens is 3. The van der Waals surface area contributed by atoms with Crippen molar-refractivity contribution in [2.24, 2.45) is 0 Å². The second kappa shape index (κ2) is 7.49. The minimum atomic E-state index is 0.0463. The van der Waals surface area contributed by atoms with Crippen molar-refractivity contribution in [3.63, 3.8) is 0 Å². The fourth-order valence-corrected chi connectivity index (χ4v) is 4.35. The Balaban J connectivity index is 1.99. The zero-order valence-corrected chi connectivity index (χ0v) is 15.8. The van der Waals surface area contributed by atoms with Crippen LogP contribution in [0.25, 0.3) is 10.9 Å². The maximum atomic E-state index is 12.9. The van der Waals surface area contributed by atoms with Gasteiger partial charge in [-0.05, 0) is 31.9 Å². The summed E-state index contributed by atoms with van der Waals surface area (Å²) >= 11 is 3.28. The minimum absolute atomic E-state index is 0.0463. The predicted octanol–water partition coefficient (Wildman–Crippen LogP) is 4.68. The lowest BCUT2D eigenvalue weighted by Crippen LogP contribution is -2.26. The van der Waals surface area contributed by atoms with E-state index in [9.17, 15) is 4.79 Å². The van der Waals surface area contributed by atoms with Crippen LogP contribution in [0.2, 0.25) is 0 Å². The molecule has 0 N–H and O–H groups in total. The summed E-state index contributed by atoms with van der Waals surface area (Å²) in [4.78, 5) is 22.3. The number of thioether (sulfide) groups is 1. The van der Waals surface area contributed by atoms with E-state index in [1.54, 1.807) is 23.1 Å². The van der Waals surface area contributed by atoms with Crippen LogP contribution >= 0.6 is 23.1 Å². The highest BCUT2D eigenvalue weighted by atomic mass is 32.2. The number of benzene rings is 1. The fourth-order valence-electron chi connectivity index (χ4n) is 2.51. The van der Waals surface area contributed by atoms with Crippen LogP contribution in [0.3, 0.4) is 0 Å². The smallest absolute Gasteiger partial charge is 0.262 e. The van der Waals surface area contributed by atoms with Gasteiger partial charge in [0.1, 0.15) is 0 Å². The first-order valence-electron chi connectivity index (χ1n) is 8.21. The van der Waals surface area contributed by atoms with E-state index in [4.69, 9.17) is 4.98 Å². The highest BCUT2D eigenvalue weighted by molar-refractivity contribution is 7.98. The molecule has 24 heavy (non-hydrogen) atoms. The number of hydrogen-bond acceptors (Lipinski definition) is 5. The van der Waals surface area contributed by atoms with Gasteiger partial charge in [0.2, 0.25) is 0 Å². The SMILES string of the molecule is CCc1nc(CSc2nc3ccccc3c(=O)n2C(C)CC)cs1. The molecule has 1 aromatic carbocycles. The van der Waals surface area contributed by atoms with Crippen molar-refractivity contribution in [1.29, 1.82) is 0 Å². The Morgan fingerprint density at radius 1 is 1.25 bits per heavy atom. The third-order valence-corrected chi connectivity index (χ3v) is 6.09. The molecule has 6 heteroatoms. The fraction of sp³-hybridized carbons (Fsp3) is 0.389. The van der Waals surface area contributed by atoms with E-state index in [1.165, 1.54) is 0 Å². The molecule has 0 saturated carbocycles. The summed E-state index contributed by atoms with van der Waals surface area (Å²) in [5, 5.41) is 4.71. The van der Waals surface area contributed by atoms with Crippen molar-refractivity contribution in [2.75, 3.05) is 0 Å². The first kappa shape index (κ1) is 17.2. The van der Waals surface area contributed by atoms with Crippen molar-refractivity contribution >= 4 is 34.0 Å². The second-order valence-electron chi connectivity index (χ2n) is 5.72. The zero-order valence-electron chi connectivity index (χ0n) is 14.2. The molecule has 1 atom stereocenters. The van der Waals surface area contributed by atoms with E-state index < -0.39 is 0 Å². The van der Waals surface area contributed by atoms with Gasteiger partial charge < -0.3 is 0 Å². The molecule has 3 aromatic rings. The van der Waals surface area contributed by atoms with Gasteiger partial charge in [-0.3, -0.25) is 9.36 Å². The molecular weight excluding hydrogens is 338 g/mol. The van der Waals surface area contributed by atoms with Crippen LogP contribution in [0.5, 0.6) is 0 Å². The molecule has 1 unspecified atom stereocenters. The van der Waals surface area contributed by atoms with Gasteiger partial charge in [-0.1, -0.05) is 37.7 Å². The van der Waals surface area contributed by atoms with Gasteiger partial charge in [0, 0.05) is 17.2 Å². The summed E-state index contributed by atoms with van der Waals surface area (Å²) in [7, 11) is 0. The summed E-state index contributed by atoms with van der Waals surface area (Å²) < 4.78 is 1.83. The Bertz CT molecular complexity index is 901. The molecular formula is C18H21N3OS2. The van der Waals surface area contributed by atoms with Gasteiger partial charge in [0.15, 0.2) is 5.16 Å². The molecule has 0 amide bonds. The monoisotopic (exact) mass is 359 g/mol. The number of thiazole rings is 1. The highest BCUT2D eigenvalue weighted by Crippen LogP contribution is 2.26. The number of fused-ring (bicyclic) bond motifs is 1. The Hall–Kier alpha value is -1.66. The van der Waals surface area contributed by atoms with Crippen LogP contribution in [0.15, 0.2) is 39.6 Å². The molecule has 0 saturated heterocycles. The number of hydrogen-bond donors (Lipinski definition) is 0. The maximum Gasteiger partial charge on any atom is 0.262 e. The first-order chi connectivity index (χ1) is 11.6. The number of para-hydroxylation sites is 1. The zero-order chi connectivity index (χ0) is 17.1. The Labute approximate surface area is 150 Å². The van der Waals surface area contributed by atoms with E-state index in [-0.39, 0.29) is 11.6 Å². The molecule has 0 spiro atoms. The first-order valence-corrected chi connectivity index (χ1v) is 10.1. The van der Waals surface area contributed by atoms with E-state index in [0.29, 0.717) is 5.39 Å². The molecule has 0 radical (unpaired) electrons. The largest absolute Gasteiger partial charge is 0.284 e. The summed E-state index contributed by atoms with van der Waals surface area (Å²) in [6, 6.07) is 7.69. The average Bonchev–Trinajstić information content (AvgIpc) is 3.07. The molecule has 4 nitrogen and oxygen atoms in total. The van der Waals surface area contributed by atoms with Crippen LogP contribution < -0.4 is 5.56 Å². The molecule has 0 bridgehead atoms. The van der Waals surface area contributed by atoms with Crippen molar-refractivity contribution in [1.82, 2.24) is 14.5 Å². The number of nitrogens with zero attached hydrogens (tertiary/aromatic N) is 3. The summed E-state index contributed by atoms with van der Waals surface area (Å²) in [6.07, 6.45) is 1.85. The minimum Gasteiger partial charge on any atom is -0.284 e. The lowest BCUT2D eigenvalue weighted by molar-refractivity contribution is 0.468. The van der Waals surface area contributed by atoms with Gasteiger partial charge >= 0.3 is 0 Å². The van der Waals surface area contributed by atoms with Crippen LogP contribution in [0, 0.1) is 0 Å². The lowest BCUT2D eigenvalue weighted by atomic mass is 10.2. The third kappa shape index (κ3) is 3.39. The van der Waals surface area contributed by atoms with E-state index >= 15 is 0 Å². The van der Waals surface area contributed by atoms with Gasteiger partial charge in [-0.2, -0.15) is 0 Å². The van der Waals surface area contributed by atoms with Crippen molar-refractivity contribution in [2.45, 2.75) is 50.6 Å². The molecule has 126 valence electrons. The summed E-state index contributed by atoms with van der Waals surface area (Å²) in [5.41, 5.74) is 1.86. The van der Waals surface area contributed by atoms with Crippen LogP contribution in [-0.4, -0.2) is 14.5 Å². The standard InChI is InChI=1S/C18H21N3OS2/c1-4-12(3)21-17(22)14-8-6-7-9-15(14)20-18(21)24-11-13-10-23-16(5-2)19-13/h6-10,12H,4-5,11H2,1-3H3. The Kier molecular flexibility index (Phi) is 5.36. The van der Waals surface area contributed by atoms with Gasteiger partial charge in [0.25, 0.3) is 5.56 Å². The predicted molar refractivity (Wildman–Crippen MR) is 102 cm³/mol. The maximum absolute atomic E-state index is 12.9. The van der Waals surface area contributed by atoms with Gasteiger partial charge in [-0.25, -0.2) is 9.97 Å².